The van der Waals surface area contributed by atoms with E-state index in [-0.39, 0.29) is 18.3 Å². The maximum Gasteiger partial charge on any atom is 0.274 e. The van der Waals surface area contributed by atoms with Crippen LogP contribution >= 0.6 is 12.4 Å². The molecule has 0 bridgehead atoms. The molecule has 1 amide bonds. The summed E-state index contributed by atoms with van der Waals surface area (Å²) in [5.74, 6) is 0.0979. The smallest absolute Gasteiger partial charge is 0.274 e. The van der Waals surface area contributed by atoms with Crippen LogP contribution in [-0.4, -0.2) is 70.8 Å². The van der Waals surface area contributed by atoms with Gasteiger partial charge in [0.05, 0.1) is 6.04 Å². The highest BCUT2D eigenvalue weighted by Crippen LogP contribution is 2.25. The fourth-order valence-corrected chi connectivity index (χ4v) is 3.92. The van der Waals surface area contributed by atoms with Crippen LogP contribution in [0.3, 0.4) is 0 Å². The molecule has 1 saturated carbocycles. The molecule has 1 aromatic rings. The zero-order valence-corrected chi connectivity index (χ0v) is 15.0. The second kappa shape index (κ2) is 7.85. The summed E-state index contributed by atoms with van der Waals surface area (Å²) in [4.78, 5) is 17.2. The minimum Gasteiger partial charge on any atom is -0.335 e. The number of piperidine rings is 1. The van der Waals surface area contributed by atoms with Crippen LogP contribution in [0.15, 0.2) is 12.3 Å². The summed E-state index contributed by atoms with van der Waals surface area (Å²) in [6.07, 6.45) is 8.34. The number of amides is 1. The minimum absolute atomic E-state index is 0. The Morgan fingerprint density at radius 1 is 1.08 bits per heavy atom. The zero-order chi connectivity index (χ0) is 15.6. The third kappa shape index (κ3) is 3.60. The fraction of sp³-hybridized carbons (Fsp3) is 0.765. The second-order valence-electron chi connectivity index (χ2n) is 7.09. The number of piperazine rings is 1. The van der Waals surface area contributed by atoms with E-state index in [9.17, 15) is 4.79 Å². The number of hydrogen-bond acceptors (Lipinski definition) is 4. The van der Waals surface area contributed by atoms with Crippen molar-refractivity contribution in [1.82, 2.24) is 24.9 Å². The normalized spacial score (nSPS) is 25.8. The molecular formula is C17H28ClN5O. The molecule has 0 radical (unpaired) electrons. The molecule has 0 spiro atoms. The SMILES string of the molecule is Cl.O=C(c1ccn(C2CCCNC2)n1)N1CCN(C2CCC2)CC1. The first-order valence-electron chi connectivity index (χ1n) is 9.10. The molecule has 0 aromatic carbocycles. The highest BCUT2D eigenvalue weighted by atomic mass is 35.5. The number of aromatic nitrogens is 2. The lowest BCUT2D eigenvalue weighted by atomic mass is 9.91. The van der Waals surface area contributed by atoms with E-state index in [2.05, 4.69) is 15.3 Å². The maximum absolute atomic E-state index is 12.7. The monoisotopic (exact) mass is 353 g/mol. The topological polar surface area (TPSA) is 53.4 Å². The second-order valence-corrected chi connectivity index (χ2v) is 7.09. The number of nitrogens with one attached hydrogen (secondary N) is 1. The first-order valence-corrected chi connectivity index (χ1v) is 9.10. The Bertz CT molecular complexity index is 545. The summed E-state index contributed by atoms with van der Waals surface area (Å²) in [5, 5.41) is 7.96. The molecule has 1 aliphatic carbocycles. The summed E-state index contributed by atoms with van der Waals surface area (Å²) in [5.41, 5.74) is 0.604. The molecule has 24 heavy (non-hydrogen) atoms. The van der Waals surface area contributed by atoms with Crippen LogP contribution in [0.5, 0.6) is 0 Å². The van der Waals surface area contributed by atoms with Crippen LogP contribution in [-0.2, 0) is 0 Å². The molecular weight excluding hydrogens is 326 g/mol. The van der Waals surface area contributed by atoms with Crippen molar-refractivity contribution in [1.29, 1.82) is 0 Å². The summed E-state index contributed by atoms with van der Waals surface area (Å²) in [6, 6.07) is 3.06. The Labute approximate surface area is 150 Å². The fourth-order valence-electron chi connectivity index (χ4n) is 3.92. The van der Waals surface area contributed by atoms with Crippen LogP contribution in [0.2, 0.25) is 0 Å². The van der Waals surface area contributed by atoms with Gasteiger partial charge in [0.1, 0.15) is 5.69 Å². The Hall–Kier alpha value is -1.11. The van der Waals surface area contributed by atoms with Gasteiger partial charge in [0.2, 0.25) is 0 Å². The van der Waals surface area contributed by atoms with E-state index in [0.717, 1.165) is 51.7 Å². The molecule has 2 aliphatic heterocycles. The number of halogens is 1. The van der Waals surface area contributed by atoms with E-state index in [1.807, 2.05) is 21.8 Å². The van der Waals surface area contributed by atoms with Crippen molar-refractivity contribution in [2.45, 2.75) is 44.2 Å². The lowest BCUT2D eigenvalue weighted by molar-refractivity contribution is 0.0450. The predicted molar refractivity (Wildman–Crippen MR) is 95.7 cm³/mol. The summed E-state index contributed by atoms with van der Waals surface area (Å²) < 4.78 is 1.98. The van der Waals surface area contributed by atoms with Gasteiger partial charge in [-0.05, 0) is 38.3 Å². The Balaban J connectivity index is 0.00000169. The Kier molecular flexibility index (Phi) is 5.79. The molecule has 1 aromatic heterocycles. The first-order chi connectivity index (χ1) is 11.3. The van der Waals surface area contributed by atoms with Crippen LogP contribution in [0, 0.1) is 0 Å². The van der Waals surface area contributed by atoms with Crippen LogP contribution in [0.1, 0.15) is 48.6 Å². The Morgan fingerprint density at radius 3 is 2.46 bits per heavy atom. The van der Waals surface area contributed by atoms with Crippen molar-refractivity contribution in [3.63, 3.8) is 0 Å². The highest BCUT2D eigenvalue weighted by Gasteiger charge is 2.30. The van der Waals surface area contributed by atoms with Crippen LogP contribution in [0.25, 0.3) is 0 Å². The van der Waals surface area contributed by atoms with Crippen molar-refractivity contribution in [2.75, 3.05) is 39.3 Å². The van der Waals surface area contributed by atoms with Gasteiger partial charge in [-0.15, -0.1) is 12.4 Å². The molecule has 6 nitrogen and oxygen atoms in total. The van der Waals surface area contributed by atoms with Gasteiger partial charge in [0.15, 0.2) is 0 Å². The van der Waals surface area contributed by atoms with Crippen molar-refractivity contribution in [3.8, 4) is 0 Å². The molecule has 3 heterocycles. The van der Waals surface area contributed by atoms with Gasteiger partial charge in [-0.1, -0.05) is 6.42 Å². The summed E-state index contributed by atoms with van der Waals surface area (Å²) in [6.45, 7) is 5.76. The van der Waals surface area contributed by atoms with Crippen molar-refractivity contribution < 1.29 is 4.79 Å². The molecule has 7 heteroatoms. The molecule has 134 valence electrons. The van der Waals surface area contributed by atoms with Crippen molar-refractivity contribution in [3.05, 3.63) is 18.0 Å². The standard InChI is InChI=1S/C17H27N5O.ClH/c23-17(21-11-9-20(10-12-21)14-3-1-4-14)16-6-8-22(19-16)15-5-2-7-18-13-15;/h6,8,14-15,18H,1-5,7,9-13H2;1H. The largest absolute Gasteiger partial charge is 0.335 e. The van der Waals surface area contributed by atoms with E-state index >= 15 is 0 Å². The predicted octanol–water partition coefficient (Wildman–Crippen LogP) is 1.54. The van der Waals surface area contributed by atoms with E-state index in [1.165, 1.54) is 25.7 Å². The van der Waals surface area contributed by atoms with Gasteiger partial charge in [-0.3, -0.25) is 14.4 Å². The minimum atomic E-state index is 0. The van der Waals surface area contributed by atoms with E-state index in [1.54, 1.807) is 0 Å². The van der Waals surface area contributed by atoms with E-state index in [0.29, 0.717) is 11.7 Å². The number of hydrogen-bond donors (Lipinski definition) is 1. The summed E-state index contributed by atoms with van der Waals surface area (Å²) in [7, 11) is 0. The molecule has 1 atom stereocenters. The molecule has 1 unspecified atom stereocenters. The lowest BCUT2D eigenvalue weighted by Gasteiger charge is -2.42. The Morgan fingerprint density at radius 2 is 1.83 bits per heavy atom. The average Bonchev–Trinajstić information content (AvgIpc) is 3.04. The molecule has 1 N–H and O–H groups in total. The van der Waals surface area contributed by atoms with Gasteiger partial charge < -0.3 is 10.2 Å². The number of carbonyl (C=O) groups is 1. The molecule has 3 aliphatic rings. The van der Waals surface area contributed by atoms with Crippen molar-refractivity contribution in [2.24, 2.45) is 0 Å². The van der Waals surface area contributed by atoms with Crippen molar-refractivity contribution >= 4 is 18.3 Å². The molecule has 3 fully saturated rings. The van der Waals surface area contributed by atoms with Crippen LogP contribution in [0.4, 0.5) is 0 Å². The van der Waals surface area contributed by atoms with Gasteiger partial charge >= 0.3 is 0 Å². The summed E-state index contributed by atoms with van der Waals surface area (Å²) >= 11 is 0. The number of carbonyl (C=O) groups excluding carboxylic acids is 1. The van der Waals surface area contributed by atoms with Gasteiger partial charge in [0, 0.05) is 45.0 Å². The average molecular weight is 354 g/mol. The third-order valence-corrected chi connectivity index (χ3v) is 5.67. The number of nitrogens with zero attached hydrogens (tertiary/aromatic N) is 4. The van der Waals surface area contributed by atoms with Gasteiger partial charge in [0.25, 0.3) is 5.91 Å². The van der Waals surface area contributed by atoms with Crippen LogP contribution < -0.4 is 5.32 Å². The van der Waals surface area contributed by atoms with E-state index in [4.69, 9.17) is 0 Å². The molecule has 2 saturated heterocycles. The first kappa shape index (κ1) is 17.7. The third-order valence-electron chi connectivity index (χ3n) is 5.67. The maximum atomic E-state index is 12.7. The quantitative estimate of drug-likeness (QED) is 0.895. The highest BCUT2D eigenvalue weighted by molar-refractivity contribution is 5.92. The zero-order valence-electron chi connectivity index (χ0n) is 14.2. The number of rotatable bonds is 3. The van der Waals surface area contributed by atoms with Gasteiger partial charge in [-0.25, -0.2) is 0 Å². The molecule has 4 rings (SSSR count). The van der Waals surface area contributed by atoms with E-state index < -0.39 is 0 Å². The lowest BCUT2D eigenvalue weighted by Crippen LogP contribution is -2.53. The van der Waals surface area contributed by atoms with Gasteiger partial charge in [-0.2, -0.15) is 5.10 Å².